The van der Waals surface area contributed by atoms with E-state index in [1.54, 1.807) is 60.4 Å². The molecule has 11 heteroatoms. The fourth-order valence-corrected chi connectivity index (χ4v) is 5.36. The minimum absolute atomic E-state index is 0.0374. The van der Waals surface area contributed by atoms with Crippen LogP contribution in [0.5, 0.6) is 0 Å². The summed E-state index contributed by atoms with van der Waals surface area (Å²) < 4.78 is 7.35. The largest absolute Gasteiger partial charge is 0.440 e. The van der Waals surface area contributed by atoms with Crippen molar-refractivity contribution in [3.63, 3.8) is 0 Å². The number of aryl methyl sites for hydroxylation is 1. The van der Waals surface area contributed by atoms with Crippen molar-refractivity contribution in [2.75, 3.05) is 17.2 Å². The number of carbonyl (C=O) groups excluding carboxylic acids is 2. The number of benzene rings is 2. The summed E-state index contributed by atoms with van der Waals surface area (Å²) in [6, 6.07) is 21.6. The number of carbonyl (C=O) groups is 2. The van der Waals surface area contributed by atoms with Crippen LogP contribution in [0.3, 0.4) is 0 Å². The summed E-state index contributed by atoms with van der Waals surface area (Å²) in [6.07, 6.45) is 3.98. The smallest absolute Gasteiger partial charge is 0.268 e. The number of rotatable bonds is 10. The maximum atomic E-state index is 13.3. The maximum Gasteiger partial charge on any atom is 0.268 e. The number of imidazole rings is 1. The molecule has 6 aromatic rings. The summed E-state index contributed by atoms with van der Waals surface area (Å²) in [5.74, 6) is 1.03. The molecule has 2 aromatic carbocycles. The highest BCUT2D eigenvalue weighted by atomic mass is 32.1. The molecular formula is C31H26N6O4S. The third-order valence-corrected chi connectivity index (χ3v) is 7.74. The van der Waals surface area contributed by atoms with Gasteiger partial charge < -0.3 is 19.4 Å². The van der Waals surface area contributed by atoms with E-state index < -0.39 is 6.10 Å². The number of amides is 1. The van der Waals surface area contributed by atoms with E-state index in [4.69, 9.17) is 9.40 Å². The van der Waals surface area contributed by atoms with Crippen molar-refractivity contribution >= 4 is 45.7 Å². The lowest BCUT2D eigenvalue weighted by Crippen LogP contribution is -2.17. The van der Waals surface area contributed by atoms with Gasteiger partial charge in [-0.3, -0.25) is 19.9 Å². The Labute approximate surface area is 244 Å². The van der Waals surface area contributed by atoms with E-state index in [1.165, 1.54) is 11.3 Å². The van der Waals surface area contributed by atoms with Gasteiger partial charge in [0, 0.05) is 36.1 Å². The van der Waals surface area contributed by atoms with Gasteiger partial charge in [-0.1, -0.05) is 36.4 Å². The van der Waals surface area contributed by atoms with Crippen molar-refractivity contribution in [3.8, 4) is 10.6 Å². The minimum Gasteiger partial charge on any atom is -0.440 e. The van der Waals surface area contributed by atoms with Crippen LogP contribution in [0.4, 0.5) is 11.6 Å². The third kappa shape index (κ3) is 5.82. The Kier molecular flexibility index (Phi) is 7.58. The van der Waals surface area contributed by atoms with Gasteiger partial charge >= 0.3 is 0 Å². The summed E-state index contributed by atoms with van der Waals surface area (Å²) in [5.41, 5.74) is 3.26. The second kappa shape index (κ2) is 11.8. The number of fused-ring (bicyclic) bond motifs is 1. The zero-order valence-corrected chi connectivity index (χ0v) is 23.3. The first kappa shape index (κ1) is 27.1. The van der Waals surface area contributed by atoms with Gasteiger partial charge in [0.1, 0.15) is 0 Å². The van der Waals surface area contributed by atoms with Crippen molar-refractivity contribution in [1.82, 2.24) is 19.5 Å². The topological polar surface area (TPSA) is 135 Å². The molecule has 0 radical (unpaired) electrons. The summed E-state index contributed by atoms with van der Waals surface area (Å²) >= 11 is 1.28. The summed E-state index contributed by atoms with van der Waals surface area (Å²) in [6.45, 7) is 2.01. The second-order valence-electron chi connectivity index (χ2n) is 9.56. The zero-order chi connectivity index (χ0) is 29.1. The SMILES string of the molecule is Cc1ncc(-c2ccc(C(=O)Nc3nc4cc(NCC(=O)c5ccccc5)ccc4n3C[C@H](O)c3cccnc3)s2)o1. The molecule has 3 N–H and O–H groups in total. The highest BCUT2D eigenvalue weighted by molar-refractivity contribution is 7.17. The molecule has 10 nitrogen and oxygen atoms in total. The third-order valence-electron chi connectivity index (χ3n) is 6.64. The van der Waals surface area contributed by atoms with Crippen LogP contribution in [0.2, 0.25) is 0 Å². The first-order chi connectivity index (χ1) is 20.4. The molecule has 0 saturated heterocycles. The fourth-order valence-electron chi connectivity index (χ4n) is 4.51. The van der Waals surface area contributed by atoms with Crippen LogP contribution in [-0.4, -0.2) is 42.9 Å². The summed E-state index contributed by atoms with van der Waals surface area (Å²) in [7, 11) is 0. The molecule has 0 unspecified atom stereocenters. The lowest BCUT2D eigenvalue weighted by molar-refractivity contribution is 0.100. The standard InChI is InChI=1S/C31H26N6O4S/c1-19-33-17-27(41-19)28-11-12-29(42-28)30(40)36-31-35-23-14-22(34-16-25(38)20-6-3-2-4-7-20)9-10-24(23)37(31)18-26(39)21-8-5-13-32-15-21/h2-15,17,26,34,39H,16,18H2,1H3,(H,35,36,40)/t26-/m0/s1. The van der Waals surface area contributed by atoms with E-state index in [0.717, 1.165) is 4.88 Å². The molecule has 0 aliphatic heterocycles. The molecule has 1 atom stereocenters. The molecule has 210 valence electrons. The summed E-state index contributed by atoms with van der Waals surface area (Å²) in [5, 5.41) is 17.1. The van der Waals surface area contributed by atoms with Crippen LogP contribution in [-0.2, 0) is 6.54 Å². The number of aromatic nitrogens is 4. The van der Waals surface area contributed by atoms with E-state index in [1.807, 2.05) is 42.5 Å². The number of Topliss-reactive ketones (excluding diaryl/α,β-unsaturated/α-hetero) is 1. The van der Waals surface area contributed by atoms with Crippen LogP contribution in [0.1, 0.15) is 37.6 Å². The van der Waals surface area contributed by atoms with Gasteiger partial charge in [-0.05, 0) is 36.4 Å². The quantitative estimate of drug-likeness (QED) is 0.175. The molecule has 4 heterocycles. The number of aliphatic hydroxyl groups excluding tert-OH is 1. The van der Waals surface area contributed by atoms with Crippen molar-refractivity contribution in [2.24, 2.45) is 0 Å². The molecule has 0 aliphatic rings. The number of oxazole rings is 1. The molecule has 0 fully saturated rings. The van der Waals surface area contributed by atoms with Gasteiger partial charge in [0.15, 0.2) is 17.4 Å². The second-order valence-corrected chi connectivity index (χ2v) is 10.6. The van der Waals surface area contributed by atoms with Crippen LogP contribution in [0, 0.1) is 6.92 Å². The van der Waals surface area contributed by atoms with E-state index >= 15 is 0 Å². The number of hydrogen-bond donors (Lipinski definition) is 3. The number of nitrogens with one attached hydrogen (secondary N) is 2. The normalized spacial score (nSPS) is 11.9. The predicted molar refractivity (Wildman–Crippen MR) is 161 cm³/mol. The summed E-state index contributed by atoms with van der Waals surface area (Å²) in [4.78, 5) is 40.0. The Balaban J connectivity index is 1.27. The number of pyridine rings is 1. The van der Waals surface area contributed by atoms with Crippen LogP contribution < -0.4 is 10.6 Å². The van der Waals surface area contributed by atoms with Gasteiger partial charge in [0.25, 0.3) is 5.91 Å². The highest BCUT2D eigenvalue weighted by Gasteiger charge is 2.20. The van der Waals surface area contributed by atoms with E-state index in [0.29, 0.717) is 44.4 Å². The Morgan fingerprint density at radius 1 is 1.05 bits per heavy atom. The predicted octanol–water partition coefficient (Wildman–Crippen LogP) is 5.74. The molecular weight excluding hydrogens is 552 g/mol. The van der Waals surface area contributed by atoms with Gasteiger partial charge in [-0.2, -0.15) is 0 Å². The Morgan fingerprint density at radius 3 is 2.67 bits per heavy atom. The molecule has 0 spiro atoms. The number of aliphatic hydroxyl groups is 1. The molecule has 6 rings (SSSR count). The monoisotopic (exact) mass is 578 g/mol. The zero-order valence-electron chi connectivity index (χ0n) is 22.5. The molecule has 4 aromatic heterocycles. The average molecular weight is 579 g/mol. The molecule has 0 aliphatic carbocycles. The van der Waals surface area contributed by atoms with Crippen LogP contribution in [0.15, 0.2) is 95.8 Å². The Bertz CT molecular complexity index is 1860. The lowest BCUT2D eigenvalue weighted by atomic mass is 10.1. The number of ketones is 1. The highest BCUT2D eigenvalue weighted by Crippen LogP contribution is 2.30. The number of hydrogen-bond acceptors (Lipinski definition) is 9. The first-order valence-electron chi connectivity index (χ1n) is 13.2. The Morgan fingerprint density at radius 2 is 1.90 bits per heavy atom. The maximum absolute atomic E-state index is 13.3. The first-order valence-corrected chi connectivity index (χ1v) is 14.0. The van der Waals surface area contributed by atoms with Gasteiger partial charge in [-0.15, -0.1) is 11.3 Å². The van der Waals surface area contributed by atoms with E-state index in [9.17, 15) is 14.7 Å². The van der Waals surface area contributed by atoms with Crippen molar-refractivity contribution in [2.45, 2.75) is 19.6 Å². The minimum atomic E-state index is -0.893. The fraction of sp³-hybridized carbons (Fsp3) is 0.129. The lowest BCUT2D eigenvalue weighted by Gasteiger charge is -2.15. The Hall–Kier alpha value is -5.13. The van der Waals surface area contributed by atoms with Gasteiger partial charge in [0.05, 0.1) is 46.2 Å². The van der Waals surface area contributed by atoms with E-state index in [-0.39, 0.29) is 30.7 Å². The number of nitrogens with zero attached hydrogens (tertiary/aromatic N) is 4. The number of anilines is 2. The molecule has 42 heavy (non-hydrogen) atoms. The van der Waals surface area contributed by atoms with E-state index in [2.05, 4.69) is 20.6 Å². The molecule has 1 amide bonds. The molecule has 0 saturated carbocycles. The van der Waals surface area contributed by atoms with Gasteiger partial charge in [0.2, 0.25) is 5.95 Å². The molecule has 0 bridgehead atoms. The van der Waals surface area contributed by atoms with Crippen molar-refractivity contribution < 1.29 is 19.1 Å². The van der Waals surface area contributed by atoms with Crippen molar-refractivity contribution in [3.05, 3.63) is 113 Å². The van der Waals surface area contributed by atoms with Crippen molar-refractivity contribution in [1.29, 1.82) is 0 Å². The van der Waals surface area contributed by atoms with Crippen LogP contribution >= 0.6 is 11.3 Å². The number of thiophene rings is 1. The van der Waals surface area contributed by atoms with Gasteiger partial charge in [-0.25, -0.2) is 9.97 Å². The average Bonchev–Trinajstić information content (AvgIpc) is 3.76. The van der Waals surface area contributed by atoms with Crippen LogP contribution in [0.25, 0.3) is 21.7 Å².